The van der Waals surface area contributed by atoms with Crippen LogP contribution in [0.3, 0.4) is 0 Å². The number of benzene rings is 1. The molecule has 1 aromatic carbocycles. The van der Waals surface area contributed by atoms with Crippen molar-refractivity contribution in [3.8, 4) is 0 Å². The molecule has 1 N–H and O–H groups in total. The van der Waals surface area contributed by atoms with Gasteiger partial charge in [0.1, 0.15) is 5.69 Å². The van der Waals surface area contributed by atoms with E-state index in [1.165, 1.54) is 12.1 Å². The molecular weight excluding hydrogens is 435 g/mol. The Bertz CT molecular complexity index is 1030. The van der Waals surface area contributed by atoms with Crippen LogP contribution >= 0.6 is 0 Å². The first-order valence-electron chi connectivity index (χ1n) is 11.3. The van der Waals surface area contributed by atoms with E-state index in [4.69, 9.17) is 4.74 Å². The van der Waals surface area contributed by atoms with Crippen LogP contribution in [0.25, 0.3) is 0 Å². The van der Waals surface area contributed by atoms with Crippen LogP contribution < -0.4 is 5.32 Å². The van der Waals surface area contributed by atoms with Gasteiger partial charge >= 0.3 is 6.18 Å². The Hall–Kier alpha value is -2.81. The van der Waals surface area contributed by atoms with Crippen LogP contribution in [-0.4, -0.2) is 40.5 Å². The second-order valence-electron chi connectivity index (χ2n) is 8.64. The molecule has 2 aromatic rings. The van der Waals surface area contributed by atoms with Gasteiger partial charge in [0.15, 0.2) is 0 Å². The lowest BCUT2D eigenvalue weighted by Gasteiger charge is -2.24. The smallest absolute Gasteiger partial charge is 0.373 e. The van der Waals surface area contributed by atoms with Crippen molar-refractivity contribution in [1.82, 2.24) is 14.8 Å². The van der Waals surface area contributed by atoms with Crippen LogP contribution in [0, 0.1) is 0 Å². The molecule has 2 atom stereocenters. The Morgan fingerprint density at radius 2 is 1.94 bits per heavy atom. The zero-order valence-electron chi connectivity index (χ0n) is 18.7. The zero-order chi connectivity index (χ0) is 23.8. The summed E-state index contributed by atoms with van der Waals surface area (Å²) in [6.07, 6.45) is -1.99. The quantitative estimate of drug-likeness (QED) is 0.708. The summed E-state index contributed by atoms with van der Waals surface area (Å²) in [5.74, 6) is -0.457. The molecule has 0 saturated carbocycles. The first-order valence-corrected chi connectivity index (χ1v) is 11.3. The highest BCUT2D eigenvalue weighted by Crippen LogP contribution is 2.31. The molecule has 0 radical (unpaired) electrons. The number of nitrogens with one attached hydrogen (secondary N) is 1. The zero-order valence-corrected chi connectivity index (χ0v) is 18.7. The van der Waals surface area contributed by atoms with Gasteiger partial charge in [-0.2, -0.15) is 13.2 Å². The van der Waals surface area contributed by atoms with Gasteiger partial charge in [0, 0.05) is 19.1 Å². The number of fused-ring (bicyclic) bond motifs is 1. The van der Waals surface area contributed by atoms with Crippen LogP contribution in [0.4, 0.5) is 13.2 Å². The van der Waals surface area contributed by atoms with Gasteiger partial charge < -0.3 is 19.5 Å². The highest BCUT2D eigenvalue weighted by Gasteiger charge is 2.33. The number of nitrogens with zero attached hydrogens (tertiary/aromatic N) is 2. The van der Waals surface area contributed by atoms with E-state index in [2.05, 4.69) is 5.32 Å². The molecule has 4 rings (SSSR count). The number of rotatable bonds is 5. The molecule has 33 heavy (non-hydrogen) atoms. The molecule has 2 aliphatic heterocycles. The van der Waals surface area contributed by atoms with Crippen LogP contribution in [0.1, 0.15) is 76.8 Å². The van der Waals surface area contributed by atoms with E-state index in [0.29, 0.717) is 48.6 Å². The lowest BCUT2D eigenvalue weighted by Crippen LogP contribution is -2.35. The molecule has 1 fully saturated rings. The lowest BCUT2D eigenvalue weighted by atomic mass is 10.0. The largest absolute Gasteiger partial charge is 0.416 e. The van der Waals surface area contributed by atoms with E-state index >= 15 is 0 Å². The summed E-state index contributed by atoms with van der Waals surface area (Å²) in [7, 11) is 0. The van der Waals surface area contributed by atoms with Crippen molar-refractivity contribution in [2.45, 2.75) is 64.5 Å². The minimum atomic E-state index is -4.41. The Morgan fingerprint density at radius 3 is 2.55 bits per heavy atom. The van der Waals surface area contributed by atoms with E-state index in [9.17, 15) is 22.8 Å². The molecule has 2 aliphatic rings. The average Bonchev–Trinajstić information content (AvgIpc) is 3.40. The molecule has 178 valence electrons. The van der Waals surface area contributed by atoms with E-state index in [-0.39, 0.29) is 24.5 Å². The Morgan fingerprint density at radius 1 is 1.21 bits per heavy atom. The molecule has 9 heteroatoms. The van der Waals surface area contributed by atoms with Gasteiger partial charge in [-0.3, -0.25) is 9.59 Å². The molecule has 0 spiro atoms. The lowest BCUT2D eigenvalue weighted by molar-refractivity contribution is -0.137. The maximum Gasteiger partial charge on any atom is 0.416 e. The van der Waals surface area contributed by atoms with E-state index in [1.54, 1.807) is 6.07 Å². The van der Waals surface area contributed by atoms with Gasteiger partial charge in [0.05, 0.1) is 36.1 Å². The normalized spacial score (nSPS) is 19.3. The van der Waals surface area contributed by atoms with Crippen molar-refractivity contribution in [1.29, 1.82) is 0 Å². The summed E-state index contributed by atoms with van der Waals surface area (Å²) in [6, 6.07) is 6.14. The van der Waals surface area contributed by atoms with Crippen LogP contribution in [0.15, 0.2) is 30.3 Å². The number of alkyl halides is 3. The fourth-order valence-corrected chi connectivity index (χ4v) is 4.64. The maximum atomic E-state index is 13.2. The Labute approximate surface area is 190 Å². The number of amides is 2. The van der Waals surface area contributed by atoms with Gasteiger partial charge in [-0.1, -0.05) is 19.1 Å². The third-order valence-electron chi connectivity index (χ3n) is 6.54. The standard InChI is InChI=1S/C24H28F3N3O3/c1-3-19(16-6-8-17(9-7-16)24(25,26)27)28-22(31)18-13-20(30-11-12-33-14-21(18)30)23(32)29-10-4-5-15(29)2/h6-9,13,15,19H,3-5,10-12,14H2,1-2H3,(H,28,31)/t15?,19-/m1/s1. The van der Waals surface area contributed by atoms with E-state index in [0.717, 1.165) is 25.0 Å². The van der Waals surface area contributed by atoms with Gasteiger partial charge in [-0.15, -0.1) is 0 Å². The van der Waals surface area contributed by atoms with Gasteiger partial charge in [0.25, 0.3) is 11.8 Å². The number of halogens is 3. The van der Waals surface area contributed by atoms with E-state index in [1.807, 2.05) is 23.3 Å². The number of carbonyl (C=O) groups is 2. The summed E-state index contributed by atoms with van der Waals surface area (Å²) in [5.41, 5.74) is 1.36. The topological polar surface area (TPSA) is 63.6 Å². The Kier molecular flexibility index (Phi) is 6.52. The van der Waals surface area contributed by atoms with Crippen molar-refractivity contribution in [3.05, 3.63) is 58.4 Å². The van der Waals surface area contributed by atoms with Gasteiger partial charge in [-0.25, -0.2) is 0 Å². The fourth-order valence-electron chi connectivity index (χ4n) is 4.64. The van der Waals surface area contributed by atoms with Crippen molar-refractivity contribution in [3.63, 3.8) is 0 Å². The first kappa shape index (κ1) is 23.4. The highest BCUT2D eigenvalue weighted by atomic mass is 19.4. The molecule has 1 unspecified atom stereocenters. The third-order valence-corrected chi connectivity index (χ3v) is 6.54. The Balaban J connectivity index is 1.58. The molecule has 6 nitrogen and oxygen atoms in total. The SMILES string of the molecule is CC[C@@H](NC(=O)c1cc(C(=O)N2CCCC2C)n2c1COCC2)c1ccc(C(F)(F)F)cc1. The molecule has 0 aliphatic carbocycles. The monoisotopic (exact) mass is 463 g/mol. The number of likely N-dealkylation sites (tertiary alicyclic amines) is 1. The summed E-state index contributed by atoms with van der Waals surface area (Å²) < 4.78 is 46.1. The number of aromatic nitrogens is 1. The predicted molar refractivity (Wildman–Crippen MR) is 116 cm³/mol. The van der Waals surface area contributed by atoms with Crippen LogP contribution in [-0.2, 0) is 24.1 Å². The molecule has 2 amide bonds. The number of hydrogen-bond donors (Lipinski definition) is 1. The summed E-state index contributed by atoms with van der Waals surface area (Å²) in [6.45, 7) is 5.75. The fraction of sp³-hybridized carbons (Fsp3) is 0.500. The summed E-state index contributed by atoms with van der Waals surface area (Å²) in [4.78, 5) is 28.3. The molecule has 1 saturated heterocycles. The predicted octanol–water partition coefficient (Wildman–Crippen LogP) is 4.54. The molecule has 0 bridgehead atoms. The first-order chi connectivity index (χ1) is 15.7. The maximum absolute atomic E-state index is 13.2. The number of ether oxygens (including phenoxy) is 1. The second-order valence-corrected chi connectivity index (χ2v) is 8.64. The summed E-state index contributed by atoms with van der Waals surface area (Å²) >= 11 is 0. The van der Waals surface area contributed by atoms with Crippen molar-refractivity contribution in [2.75, 3.05) is 13.2 Å². The minimum absolute atomic E-state index is 0.0861. The van der Waals surface area contributed by atoms with Crippen molar-refractivity contribution < 1.29 is 27.5 Å². The summed E-state index contributed by atoms with van der Waals surface area (Å²) in [5, 5.41) is 2.92. The average molecular weight is 464 g/mol. The minimum Gasteiger partial charge on any atom is -0.373 e. The number of hydrogen-bond acceptors (Lipinski definition) is 3. The van der Waals surface area contributed by atoms with Crippen molar-refractivity contribution in [2.24, 2.45) is 0 Å². The van der Waals surface area contributed by atoms with Crippen LogP contribution in [0.5, 0.6) is 0 Å². The van der Waals surface area contributed by atoms with Gasteiger partial charge in [0.2, 0.25) is 0 Å². The van der Waals surface area contributed by atoms with E-state index < -0.39 is 17.8 Å². The molecular formula is C24H28F3N3O3. The van der Waals surface area contributed by atoms with Crippen LogP contribution in [0.2, 0.25) is 0 Å². The molecule has 3 heterocycles. The van der Waals surface area contributed by atoms with Gasteiger partial charge in [-0.05, 0) is 49.9 Å². The van der Waals surface area contributed by atoms with Crippen molar-refractivity contribution >= 4 is 11.8 Å². The number of carbonyl (C=O) groups excluding carboxylic acids is 2. The molecule has 1 aromatic heterocycles. The highest BCUT2D eigenvalue weighted by molar-refractivity contribution is 6.01. The second kappa shape index (κ2) is 9.21. The third kappa shape index (κ3) is 4.64.